The summed E-state index contributed by atoms with van der Waals surface area (Å²) in [5.41, 5.74) is 1.03. The second kappa shape index (κ2) is 11.3. The number of carbonyl (C=O) groups is 3. The van der Waals surface area contributed by atoms with E-state index in [2.05, 4.69) is 16.0 Å². The average molecular weight is 486 g/mol. The van der Waals surface area contributed by atoms with E-state index >= 15 is 0 Å². The number of β-lactam (4-membered cyclic amide) rings is 1. The highest BCUT2D eigenvalue weighted by atomic mass is 32.2. The fourth-order valence-electron chi connectivity index (χ4n) is 3.38. The van der Waals surface area contributed by atoms with Crippen molar-refractivity contribution in [2.45, 2.75) is 50.3 Å². The van der Waals surface area contributed by atoms with E-state index in [4.69, 9.17) is 9.47 Å². The standard InChI is InChI=1S/C25H31N3O5S/c1-25(2,3)33-24(31)28-20(17-8-6-5-7-9-17)22(29)27-21-19(26-23(21)30)15-34-14-16-10-12-18(32-4)13-11-16/h5-13,19-21H,14-15H2,1-4H3,(H,26,30)(H,27,29)(H,28,31)/t19-,20?,21+/m1/s1. The highest BCUT2D eigenvalue weighted by molar-refractivity contribution is 7.98. The van der Waals surface area contributed by atoms with Crippen LogP contribution in [0.25, 0.3) is 0 Å². The maximum absolute atomic E-state index is 13.1. The van der Waals surface area contributed by atoms with Gasteiger partial charge in [-0.1, -0.05) is 42.5 Å². The Morgan fingerprint density at radius 1 is 1.09 bits per heavy atom. The topological polar surface area (TPSA) is 106 Å². The number of carbonyl (C=O) groups excluding carboxylic acids is 3. The number of thioether (sulfide) groups is 1. The Kier molecular flexibility index (Phi) is 8.44. The summed E-state index contributed by atoms with van der Waals surface area (Å²) in [6.45, 7) is 5.24. The minimum atomic E-state index is -0.989. The number of hydrogen-bond acceptors (Lipinski definition) is 6. The summed E-state index contributed by atoms with van der Waals surface area (Å²) in [5, 5.41) is 8.27. The van der Waals surface area contributed by atoms with Gasteiger partial charge in [-0.2, -0.15) is 11.8 Å². The monoisotopic (exact) mass is 485 g/mol. The molecule has 0 spiro atoms. The number of rotatable bonds is 9. The molecule has 2 aromatic carbocycles. The normalized spacial score (nSPS) is 18.2. The average Bonchev–Trinajstić information content (AvgIpc) is 2.80. The van der Waals surface area contributed by atoms with Gasteiger partial charge in [0.15, 0.2) is 0 Å². The maximum Gasteiger partial charge on any atom is 0.408 e. The van der Waals surface area contributed by atoms with Crippen LogP contribution in [0.4, 0.5) is 4.79 Å². The second-order valence-electron chi connectivity index (χ2n) is 8.95. The lowest BCUT2D eigenvalue weighted by atomic mass is 9.99. The minimum Gasteiger partial charge on any atom is -0.497 e. The van der Waals surface area contributed by atoms with Crippen molar-refractivity contribution >= 4 is 29.7 Å². The number of alkyl carbamates (subject to hydrolysis) is 1. The summed E-state index contributed by atoms with van der Waals surface area (Å²) in [6.07, 6.45) is -0.707. The fourth-order valence-corrected chi connectivity index (χ4v) is 4.46. The fraction of sp³-hybridized carbons (Fsp3) is 0.400. The first-order chi connectivity index (χ1) is 16.2. The number of hydrogen-bond donors (Lipinski definition) is 3. The highest BCUT2D eigenvalue weighted by Gasteiger charge is 2.41. The molecule has 1 fully saturated rings. The van der Waals surface area contributed by atoms with Gasteiger partial charge in [0.1, 0.15) is 23.4 Å². The quantitative estimate of drug-likeness (QED) is 0.471. The van der Waals surface area contributed by atoms with Crippen LogP contribution >= 0.6 is 11.8 Å². The third-order valence-corrected chi connectivity index (χ3v) is 6.22. The molecule has 0 bridgehead atoms. The van der Waals surface area contributed by atoms with Crippen molar-refractivity contribution in [3.8, 4) is 5.75 Å². The van der Waals surface area contributed by atoms with Crippen molar-refractivity contribution in [1.82, 2.24) is 16.0 Å². The lowest BCUT2D eigenvalue weighted by Crippen LogP contribution is -2.70. The van der Waals surface area contributed by atoms with Gasteiger partial charge in [-0.3, -0.25) is 9.59 Å². The van der Waals surface area contributed by atoms with Crippen LogP contribution in [-0.4, -0.2) is 48.5 Å². The molecule has 8 nitrogen and oxygen atoms in total. The van der Waals surface area contributed by atoms with Crippen LogP contribution in [0.3, 0.4) is 0 Å². The van der Waals surface area contributed by atoms with Crippen molar-refractivity contribution < 1.29 is 23.9 Å². The van der Waals surface area contributed by atoms with Crippen molar-refractivity contribution in [2.24, 2.45) is 0 Å². The lowest BCUT2D eigenvalue weighted by molar-refractivity contribution is -0.136. The third-order valence-electron chi connectivity index (χ3n) is 5.09. The number of methoxy groups -OCH3 is 1. The summed E-state index contributed by atoms with van der Waals surface area (Å²) in [5.74, 6) is 1.49. The van der Waals surface area contributed by atoms with Crippen LogP contribution in [0, 0.1) is 0 Å². The molecule has 1 aliphatic heterocycles. The van der Waals surface area contributed by atoms with E-state index in [9.17, 15) is 14.4 Å². The predicted octanol–water partition coefficient (Wildman–Crippen LogP) is 3.18. The second-order valence-corrected chi connectivity index (χ2v) is 9.98. The van der Waals surface area contributed by atoms with Crippen molar-refractivity contribution in [3.63, 3.8) is 0 Å². The summed E-state index contributed by atoms with van der Waals surface area (Å²) >= 11 is 1.66. The summed E-state index contributed by atoms with van der Waals surface area (Å²) in [7, 11) is 1.63. The summed E-state index contributed by atoms with van der Waals surface area (Å²) in [6, 6.07) is 14.8. The van der Waals surface area contributed by atoms with Crippen LogP contribution in [0.2, 0.25) is 0 Å². The summed E-state index contributed by atoms with van der Waals surface area (Å²) < 4.78 is 10.5. The molecule has 182 valence electrons. The molecule has 3 N–H and O–H groups in total. The lowest BCUT2D eigenvalue weighted by Gasteiger charge is -2.37. The molecule has 0 aliphatic carbocycles. The molecule has 3 atom stereocenters. The van der Waals surface area contributed by atoms with Crippen LogP contribution in [0.1, 0.15) is 37.9 Å². The van der Waals surface area contributed by atoms with Gasteiger partial charge in [0, 0.05) is 11.5 Å². The van der Waals surface area contributed by atoms with Gasteiger partial charge in [0.25, 0.3) is 0 Å². The number of ether oxygens (including phenoxy) is 2. The Bertz CT molecular complexity index is 992. The van der Waals surface area contributed by atoms with Gasteiger partial charge in [-0.05, 0) is 44.0 Å². The molecular weight excluding hydrogens is 454 g/mol. The Labute approximate surface area is 204 Å². The van der Waals surface area contributed by atoms with E-state index in [0.717, 1.165) is 17.1 Å². The highest BCUT2D eigenvalue weighted by Crippen LogP contribution is 2.21. The zero-order valence-corrected chi connectivity index (χ0v) is 20.6. The molecule has 2 aromatic rings. The number of benzene rings is 2. The Morgan fingerprint density at radius 3 is 2.35 bits per heavy atom. The van der Waals surface area contributed by atoms with Gasteiger partial charge in [-0.15, -0.1) is 0 Å². The Hall–Kier alpha value is -3.20. The maximum atomic E-state index is 13.1. The SMILES string of the molecule is COc1ccc(CSC[C@H]2NC(=O)[C@H]2NC(=O)C(NC(=O)OC(C)(C)C)c2ccccc2)cc1. The minimum absolute atomic E-state index is 0.197. The predicted molar refractivity (Wildman–Crippen MR) is 132 cm³/mol. The molecule has 1 saturated heterocycles. The molecular formula is C25H31N3O5S. The van der Waals surface area contributed by atoms with E-state index in [0.29, 0.717) is 11.3 Å². The molecule has 1 heterocycles. The number of nitrogens with one attached hydrogen (secondary N) is 3. The first-order valence-corrected chi connectivity index (χ1v) is 12.2. The van der Waals surface area contributed by atoms with Gasteiger partial charge >= 0.3 is 6.09 Å². The Morgan fingerprint density at radius 2 is 1.76 bits per heavy atom. The zero-order chi connectivity index (χ0) is 24.7. The molecule has 1 unspecified atom stereocenters. The molecule has 34 heavy (non-hydrogen) atoms. The van der Waals surface area contributed by atoms with Crippen molar-refractivity contribution in [3.05, 3.63) is 65.7 Å². The first-order valence-electron chi connectivity index (χ1n) is 11.0. The van der Waals surface area contributed by atoms with Crippen molar-refractivity contribution in [2.75, 3.05) is 12.9 Å². The zero-order valence-electron chi connectivity index (χ0n) is 19.8. The third kappa shape index (κ3) is 7.15. The largest absolute Gasteiger partial charge is 0.497 e. The van der Waals surface area contributed by atoms with E-state index in [1.165, 1.54) is 0 Å². The van der Waals surface area contributed by atoms with Crippen molar-refractivity contribution in [1.29, 1.82) is 0 Å². The number of amides is 3. The van der Waals surface area contributed by atoms with Gasteiger partial charge in [0.2, 0.25) is 11.8 Å². The molecule has 0 saturated carbocycles. The summed E-state index contributed by atoms with van der Waals surface area (Å²) in [4.78, 5) is 37.7. The van der Waals surface area contributed by atoms with E-state index in [1.807, 2.05) is 30.3 Å². The smallest absolute Gasteiger partial charge is 0.408 e. The molecule has 0 radical (unpaired) electrons. The van der Waals surface area contributed by atoms with Gasteiger partial charge in [0.05, 0.1) is 13.2 Å². The van der Waals surface area contributed by atoms with E-state index in [1.54, 1.807) is 63.9 Å². The van der Waals surface area contributed by atoms with E-state index in [-0.39, 0.29) is 11.9 Å². The molecule has 0 aromatic heterocycles. The molecule has 1 aliphatic rings. The van der Waals surface area contributed by atoms with Crippen LogP contribution in [-0.2, 0) is 20.1 Å². The van der Waals surface area contributed by atoms with Crippen LogP contribution in [0.15, 0.2) is 54.6 Å². The van der Waals surface area contributed by atoms with Crippen LogP contribution < -0.4 is 20.7 Å². The van der Waals surface area contributed by atoms with Gasteiger partial charge in [-0.25, -0.2) is 4.79 Å². The van der Waals surface area contributed by atoms with Gasteiger partial charge < -0.3 is 25.4 Å². The van der Waals surface area contributed by atoms with Crippen LogP contribution in [0.5, 0.6) is 5.75 Å². The molecule has 9 heteroatoms. The Balaban J connectivity index is 1.59. The molecule has 3 rings (SSSR count). The first kappa shape index (κ1) is 25.4. The molecule has 3 amide bonds. The van der Waals surface area contributed by atoms with E-state index < -0.39 is 29.7 Å².